The number of alkyl halides is 3. The molecule has 2 aromatic carbocycles. The maximum absolute atomic E-state index is 14.2. The summed E-state index contributed by atoms with van der Waals surface area (Å²) in [5.41, 5.74) is -2.32. The van der Waals surface area contributed by atoms with Crippen LogP contribution in [0.2, 0.25) is 0 Å². The summed E-state index contributed by atoms with van der Waals surface area (Å²) in [6, 6.07) is 15.6. The number of nitrogens with zero attached hydrogens (tertiary/aromatic N) is 2. The lowest BCUT2D eigenvalue weighted by molar-refractivity contribution is -0.264. The number of nitriles is 1. The largest absolute Gasteiger partial charge is 0.421 e. The lowest BCUT2D eigenvalue weighted by Crippen LogP contribution is -2.41. The number of aromatic nitrogens is 1. The van der Waals surface area contributed by atoms with Crippen LogP contribution in [0.4, 0.5) is 17.6 Å². The third-order valence-corrected chi connectivity index (χ3v) is 6.24. The van der Waals surface area contributed by atoms with Crippen molar-refractivity contribution in [1.82, 2.24) is 4.57 Å². The first-order valence-electron chi connectivity index (χ1n) is 9.98. The number of thiophene rings is 1. The fourth-order valence-corrected chi connectivity index (χ4v) is 4.41. The van der Waals surface area contributed by atoms with Crippen LogP contribution in [0.15, 0.2) is 72.3 Å². The number of benzene rings is 2. The molecular formula is C25H18F4N2OS. The Bertz CT molecular complexity index is 1350. The topological polar surface area (TPSA) is 48.9 Å². The zero-order valence-corrected chi connectivity index (χ0v) is 18.0. The first-order chi connectivity index (χ1) is 15.7. The van der Waals surface area contributed by atoms with Gasteiger partial charge in [-0.25, -0.2) is 4.39 Å². The van der Waals surface area contributed by atoms with E-state index in [1.807, 2.05) is 11.4 Å². The standard InChI is InChI=1S/C25H18F4N2OS/c26-19-5-1-4-18(12-19)15-31-16-22(21-9-8-17(14-30)13-23(21)31)24(32,25(27,28)29)10-2-6-20-7-3-11-33-20/h1-9,11-13,16,32H,10,15H2/b6-2+. The molecule has 0 spiro atoms. The molecule has 0 amide bonds. The van der Waals surface area contributed by atoms with E-state index < -0.39 is 24.0 Å². The van der Waals surface area contributed by atoms with Crippen LogP contribution in [-0.4, -0.2) is 15.8 Å². The SMILES string of the molecule is N#Cc1ccc2c(C(O)(C/C=C/c3cccs3)C(F)(F)F)cn(Cc3cccc(F)c3)c2c1. The predicted molar refractivity (Wildman–Crippen MR) is 120 cm³/mol. The number of hydrogen-bond donors (Lipinski definition) is 1. The van der Waals surface area contributed by atoms with Crippen molar-refractivity contribution in [2.45, 2.75) is 24.7 Å². The first-order valence-corrected chi connectivity index (χ1v) is 10.9. The van der Waals surface area contributed by atoms with Gasteiger partial charge >= 0.3 is 6.18 Å². The molecule has 4 rings (SSSR count). The van der Waals surface area contributed by atoms with Crippen LogP contribution in [0.5, 0.6) is 0 Å². The molecule has 1 N–H and O–H groups in total. The number of rotatable bonds is 6. The predicted octanol–water partition coefficient (Wildman–Crippen LogP) is 6.62. The van der Waals surface area contributed by atoms with Crippen molar-refractivity contribution in [1.29, 1.82) is 5.26 Å². The van der Waals surface area contributed by atoms with E-state index in [4.69, 9.17) is 0 Å². The van der Waals surface area contributed by atoms with Crippen LogP contribution in [0.25, 0.3) is 17.0 Å². The van der Waals surface area contributed by atoms with E-state index in [1.165, 1.54) is 64.6 Å². The Morgan fingerprint density at radius 1 is 1.09 bits per heavy atom. The van der Waals surface area contributed by atoms with Gasteiger partial charge in [0.05, 0.1) is 17.1 Å². The molecule has 0 fully saturated rings. The molecule has 0 aliphatic rings. The van der Waals surface area contributed by atoms with Crippen LogP contribution >= 0.6 is 11.3 Å². The molecule has 2 heterocycles. The zero-order valence-electron chi connectivity index (χ0n) is 17.2. The van der Waals surface area contributed by atoms with Crippen molar-refractivity contribution >= 4 is 28.3 Å². The summed E-state index contributed by atoms with van der Waals surface area (Å²) in [6.07, 6.45) is -1.56. The van der Waals surface area contributed by atoms with Crippen LogP contribution in [0.3, 0.4) is 0 Å². The Balaban J connectivity index is 1.84. The number of hydrogen-bond acceptors (Lipinski definition) is 3. The molecule has 1 atom stereocenters. The second-order valence-electron chi connectivity index (χ2n) is 7.62. The zero-order chi connectivity index (χ0) is 23.6. The van der Waals surface area contributed by atoms with E-state index in [9.17, 15) is 27.9 Å². The van der Waals surface area contributed by atoms with Crippen LogP contribution in [0.1, 0.15) is 28.0 Å². The van der Waals surface area contributed by atoms with Crippen molar-refractivity contribution in [3.8, 4) is 6.07 Å². The number of aliphatic hydroxyl groups is 1. The first kappa shape index (κ1) is 22.8. The molecule has 0 bridgehead atoms. The molecule has 2 aromatic heterocycles. The van der Waals surface area contributed by atoms with Crippen molar-refractivity contribution in [2.24, 2.45) is 0 Å². The van der Waals surface area contributed by atoms with Crippen molar-refractivity contribution in [2.75, 3.05) is 0 Å². The van der Waals surface area contributed by atoms with Crippen LogP contribution in [-0.2, 0) is 12.1 Å². The number of halogens is 4. The third kappa shape index (κ3) is 4.56. The summed E-state index contributed by atoms with van der Waals surface area (Å²) >= 11 is 1.37. The molecule has 1 unspecified atom stereocenters. The van der Waals surface area contributed by atoms with E-state index in [0.717, 1.165) is 4.88 Å². The molecule has 0 aliphatic carbocycles. The molecule has 8 heteroatoms. The lowest BCUT2D eigenvalue weighted by atomic mass is 9.89. The molecule has 0 saturated heterocycles. The van der Waals surface area contributed by atoms with Crippen molar-refractivity contribution in [3.05, 3.63) is 99.6 Å². The highest BCUT2D eigenvalue weighted by atomic mass is 32.1. The van der Waals surface area contributed by atoms with Crippen molar-refractivity contribution in [3.63, 3.8) is 0 Å². The average Bonchev–Trinajstić information content (AvgIpc) is 3.41. The highest BCUT2D eigenvalue weighted by Gasteiger charge is 2.55. The second kappa shape index (κ2) is 8.85. The third-order valence-electron chi connectivity index (χ3n) is 5.41. The average molecular weight is 470 g/mol. The quantitative estimate of drug-likeness (QED) is 0.322. The maximum atomic E-state index is 14.2. The van der Waals surface area contributed by atoms with Gasteiger partial charge in [0.25, 0.3) is 0 Å². The second-order valence-corrected chi connectivity index (χ2v) is 8.60. The van der Waals surface area contributed by atoms with E-state index in [0.29, 0.717) is 11.1 Å². The Morgan fingerprint density at radius 3 is 2.58 bits per heavy atom. The maximum Gasteiger partial charge on any atom is 0.421 e. The Morgan fingerprint density at radius 2 is 1.91 bits per heavy atom. The van der Waals surface area contributed by atoms with Crippen LogP contribution in [0, 0.1) is 17.1 Å². The molecule has 4 aromatic rings. The molecule has 0 saturated carbocycles. The van der Waals surface area contributed by atoms with Gasteiger partial charge in [0.15, 0.2) is 5.60 Å². The fraction of sp³-hybridized carbons (Fsp3) is 0.160. The smallest absolute Gasteiger partial charge is 0.376 e. The summed E-state index contributed by atoms with van der Waals surface area (Å²) in [5.74, 6) is -0.465. The van der Waals surface area contributed by atoms with E-state index in [-0.39, 0.29) is 23.1 Å². The molecule has 33 heavy (non-hydrogen) atoms. The van der Waals surface area contributed by atoms with Gasteiger partial charge in [-0.3, -0.25) is 0 Å². The van der Waals surface area contributed by atoms with Crippen molar-refractivity contribution < 1.29 is 22.7 Å². The van der Waals surface area contributed by atoms with Gasteiger partial charge < -0.3 is 9.67 Å². The summed E-state index contributed by atoms with van der Waals surface area (Å²) in [6.45, 7) is 0.0715. The Labute approximate surface area is 191 Å². The molecule has 168 valence electrons. The minimum atomic E-state index is -4.96. The van der Waals surface area contributed by atoms with Gasteiger partial charge in [0.2, 0.25) is 0 Å². The van der Waals surface area contributed by atoms with E-state index >= 15 is 0 Å². The van der Waals surface area contributed by atoms with Crippen LogP contribution < -0.4 is 0 Å². The Kier molecular flexibility index (Phi) is 6.11. The van der Waals surface area contributed by atoms with E-state index in [1.54, 1.807) is 24.3 Å². The molecule has 3 nitrogen and oxygen atoms in total. The van der Waals surface area contributed by atoms with Gasteiger partial charge in [-0.05, 0) is 47.4 Å². The number of fused-ring (bicyclic) bond motifs is 1. The minimum Gasteiger partial charge on any atom is -0.376 e. The minimum absolute atomic E-state index is 0.0715. The highest BCUT2D eigenvalue weighted by Crippen LogP contribution is 2.45. The lowest BCUT2D eigenvalue weighted by Gasteiger charge is -2.29. The van der Waals surface area contributed by atoms with Gasteiger partial charge in [0.1, 0.15) is 5.82 Å². The van der Waals surface area contributed by atoms with E-state index in [2.05, 4.69) is 0 Å². The fourth-order valence-electron chi connectivity index (χ4n) is 3.76. The summed E-state index contributed by atoms with van der Waals surface area (Å²) in [5, 5.41) is 22.2. The Hall–Kier alpha value is -3.41. The normalized spacial score (nSPS) is 13.9. The molecule has 0 aliphatic heterocycles. The van der Waals surface area contributed by atoms with Gasteiger partial charge in [-0.1, -0.05) is 30.3 Å². The molecule has 0 radical (unpaired) electrons. The van der Waals surface area contributed by atoms with Gasteiger partial charge in [-0.2, -0.15) is 18.4 Å². The summed E-state index contributed by atoms with van der Waals surface area (Å²) in [4.78, 5) is 0.770. The summed E-state index contributed by atoms with van der Waals surface area (Å²) in [7, 11) is 0. The van der Waals surface area contributed by atoms with Gasteiger partial charge in [0, 0.05) is 35.0 Å². The summed E-state index contributed by atoms with van der Waals surface area (Å²) < 4.78 is 57.8. The monoisotopic (exact) mass is 470 g/mol. The molecular weight excluding hydrogens is 452 g/mol. The highest BCUT2D eigenvalue weighted by molar-refractivity contribution is 7.10. The van der Waals surface area contributed by atoms with Gasteiger partial charge in [-0.15, -0.1) is 11.3 Å².